The van der Waals surface area contributed by atoms with Crippen LogP contribution in [0.4, 0.5) is 0 Å². The van der Waals surface area contributed by atoms with E-state index < -0.39 is 0 Å². The number of nitrogens with one attached hydrogen (secondary N) is 2. The van der Waals surface area contributed by atoms with Gasteiger partial charge in [0.1, 0.15) is 5.82 Å². The molecule has 0 aromatic carbocycles. The molecule has 6 heteroatoms. The van der Waals surface area contributed by atoms with Crippen LogP contribution in [0.25, 0.3) is 0 Å². The fraction of sp³-hybridized carbons (Fsp3) is 0.700. The average molecular weight is 367 g/mol. The quantitative estimate of drug-likeness (QED) is 0.180. The number of allylic oxidation sites excluding steroid dienone is 2. The Morgan fingerprint density at radius 3 is 2.50 bits per heavy atom. The van der Waals surface area contributed by atoms with Crippen molar-refractivity contribution in [3.05, 3.63) is 23.2 Å². The van der Waals surface area contributed by atoms with Crippen molar-refractivity contribution in [3.8, 4) is 0 Å². The fourth-order valence-electron chi connectivity index (χ4n) is 2.66. The van der Waals surface area contributed by atoms with Gasteiger partial charge in [-0.25, -0.2) is 4.99 Å². The number of hydrogen-bond acceptors (Lipinski definition) is 5. The molecule has 0 rings (SSSR count). The molecule has 3 N–H and O–H groups in total. The van der Waals surface area contributed by atoms with E-state index in [9.17, 15) is 9.90 Å². The number of aliphatic hydroxyl groups excluding tert-OH is 1. The third-order valence-electron chi connectivity index (χ3n) is 4.01. The Hall–Kier alpha value is -1.66. The van der Waals surface area contributed by atoms with Crippen LogP contribution in [0.5, 0.6) is 0 Å². The first-order valence-electron chi connectivity index (χ1n) is 9.73. The number of unbranched alkanes of at least 4 members (excludes halogenated alkanes) is 1. The lowest BCUT2D eigenvalue weighted by Crippen LogP contribution is -2.32. The Morgan fingerprint density at radius 2 is 1.96 bits per heavy atom. The van der Waals surface area contributed by atoms with Crippen molar-refractivity contribution < 1.29 is 9.90 Å². The molecule has 0 bridgehead atoms. The van der Waals surface area contributed by atoms with Crippen LogP contribution in [-0.4, -0.2) is 55.4 Å². The summed E-state index contributed by atoms with van der Waals surface area (Å²) in [7, 11) is 1.95. The van der Waals surface area contributed by atoms with Crippen LogP contribution in [0.2, 0.25) is 0 Å². The summed E-state index contributed by atoms with van der Waals surface area (Å²) in [5, 5.41) is 15.4. The van der Waals surface area contributed by atoms with Crippen molar-refractivity contribution in [2.24, 2.45) is 4.99 Å². The van der Waals surface area contributed by atoms with Gasteiger partial charge in [-0.3, -0.25) is 4.79 Å². The van der Waals surface area contributed by atoms with Crippen LogP contribution in [0.1, 0.15) is 59.8 Å². The Kier molecular flexibility index (Phi) is 14.6. The summed E-state index contributed by atoms with van der Waals surface area (Å²) < 4.78 is 0. The Morgan fingerprint density at radius 1 is 1.23 bits per heavy atom. The maximum atomic E-state index is 11.0. The first-order valence-corrected chi connectivity index (χ1v) is 9.73. The summed E-state index contributed by atoms with van der Waals surface area (Å²) in [4.78, 5) is 17.7. The monoisotopic (exact) mass is 366 g/mol. The minimum atomic E-state index is -0.250. The van der Waals surface area contributed by atoms with E-state index in [2.05, 4.69) is 33.5 Å². The smallest absolute Gasteiger partial charge is 0.212 e. The van der Waals surface area contributed by atoms with Gasteiger partial charge in [0.25, 0.3) is 0 Å². The molecular formula is C20H38N4O2. The minimum absolute atomic E-state index is 0.250. The first kappa shape index (κ1) is 24.3. The van der Waals surface area contributed by atoms with Crippen molar-refractivity contribution in [1.82, 2.24) is 15.5 Å². The molecule has 0 fully saturated rings. The molecule has 0 saturated heterocycles. The van der Waals surface area contributed by atoms with Crippen LogP contribution >= 0.6 is 0 Å². The molecule has 0 radical (unpaired) electrons. The maximum Gasteiger partial charge on any atom is 0.212 e. The lowest BCUT2D eigenvalue weighted by atomic mass is 10.1. The zero-order valence-electron chi connectivity index (χ0n) is 17.2. The molecule has 0 spiro atoms. The summed E-state index contributed by atoms with van der Waals surface area (Å²) in [6.45, 7) is 10.6. The zero-order valence-corrected chi connectivity index (χ0v) is 17.2. The molecule has 0 aromatic rings. The number of hydrogen-bond donors (Lipinski definition) is 3. The van der Waals surface area contributed by atoms with E-state index in [1.807, 2.05) is 27.8 Å². The molecular weight excluding hydrogens is 328 g/mol. The van der Waals surface area contributed by atoms with E-state index in [0.29, 0.717) is 12.2 Å². The molecule has 26 heavy (non-hydrogen) atoms. The summed E-state index contributed by atoms with van der Waals surface area (Å²) in [5.74, 6) is 0.597. The molecule has 1 amide bonds. The fourth-order valence-corrected chi connectivity index (χ4v) is 2.66. The molecule has 1 atom stereocenters. The van der Waals surface area contributed by atoms with E-state index in [4.69, 9.17) is 0 Å². The Bertz CT molecular complexity index is 470. The van der Waals surface area contributed by atoms with Crippen molar-refractivity contribution in [1.29, 1.82) is 0 Å². The van der Waals surface area contributed by atoms with Crippen LogP contribution in [0, 0.1) is 0 Å². The van der Waals surface area contributed by atoms with Crippen LogP contribution < -0.4 is 10.6 Å². The van der Waals surface area contributed by atoms with Crippen LogP contribution in [0.15, 0.2) is 28.2 Å². The highest BCUT2D eigenvalue weighted by molar-refractivity contribution is 5.61. The third kappa shape index (κ3) is 10.4. The van der Waals surface area contributed by atoms with Crippen molar-refractivity contribution in [2.45, 2.75) is 65.9 Å². The van der Waals surface area contributed by atoms with Crippen molar-refractivity contribution in [2.75, 3.05) is 26.7 Å². The van der Waals surface area contributed by atoms with Crippen molar-refractivity contribution >= 4 is 12.6 Å². The zero-order chi connectivity index (χ0) is 19.8. The average Bonchev–Trinajstić information content (AvgIpc) is 2.62. The topological polar surface area (TPSA) is 77.0 Å². The molecule has 0 heterocycles. The molecule has 6 nitrogen and oxygen atoms in total. The minimum Gasteiger partial charge on any atom is -0.393 e. The number of amides is 1. The molecule has 1 unspecified atom stereocenters. The Labute approximate surface area is 159 Å². The van der Waals surface area contributed by atoms with E-state index in [-0.39, 0.29) is 6.10 Å². The van der Waals surface area contributed by atoms with Crippen molar-refractivity contribution in [3.63, 3.8) is 0 Å². The summed E-state index contributed by atoms with van der Waals surface area (Å²) in [6, 6.07) is 0. The molecule has 0 aliphatic rings. The van der Waals surface area contributed by atoms with Gasteiger partial charge in [-0.15, -0.1) is 0 Å². The summed E-state index contributed by atoms with van der Waals surface area (Å²) in [6.07, 6.45) is 8.96. The standard InChI is InChI=1S/C20H38N4O2/c1-6-10-19(18(4)20(23-16-25)22-12-7-2)24(15-13-21-5)14-9-8-11-17(3)26/h10,12,16-17,21,26H,6-9,11,13-15H2,1-5H3,(H,23,25)/b19-10?,20-18-,22-12-. The second-order valence-electron chi connectivity index (χ2n) is 6.39. The highest BCUT2D eigenvalue weighted by atomic mass is 16.3. The number of aliphatic hydroxyl groups is 1. The molecule has 0 aromatic heterocycles. The SMILES string of the molecule is CCC=C(/C(C)=C(/N=C\CC)NC=O)N(CCCCC(C)O)CCNC. The van der Waals surface area contributed by atoms with E-state index >= 15 is 0 Å². The van der Waals surface area contributed by atoms with E-state index in [1.165, 1.54) is 0 Å². The van der Waals surface area contributed by atoms with Crippen LogP contribution in [-0.2, 0) is 4.79 Å². The highest BCUT2D eigenvalue weighted by Gasteiger charge is 2.14. The van der Waals surface area contributed by atoms with E-state index in [1.54, 1.807) is 6.21 Å². The number of likely N-dealkylation sites (N-methyl/N-ethyl adjacent to an activating group) is 1. The first-order chi connectivity index (χ1) is 12.5. The molecule has 0 aliphatic carbocycles. The molecule has 0 aliphatic heterocycles. The molecule has 150 valence electrons. The third-order valence-corrected chi connectivity index (χ3v) is 4.01. The Balaban J connectivity index is 5.48. The number of nitrogens with zero attached hydrogens (tertiary/aromatic N) is 2. The molecule has 0 saturated carbocycles. The predicted molar refractivity (Wildman–Crippen MR) is 110 cm³/mol. The summed E-state index contributed by atoms with van der Waals surface area (Å²) >= 11 is 0. The largest absolute Gasteiger partial charge is 0.393 e. The second kappa shape index (κ2) is 15.6. The van der Waals surface area contributed by atoms with Gasteiger partial charge in [-0.05, 0) is 53.0 Å². The lowest BCUT2D eigenvalue weighted by molar-refractivity contribution is -0.108. The number of aliphatic imine (C=N–C) groups is 1. The van der Waals surface area contributed by atoms with E-state index in [0.717, 1.165) is 63.0 Å². The maximum absolute atomic E-state index is 11.0. The summed E-state index contributed by atoms with van der Waals surface area (Å²) in [5.41, 5.74) is 2.08. The van der Waals surface area contributed by atoms with Gasteiger partial charge in [0.15, 0.2) is 0 Å². The van der Waals surface area contributed by atoms with Crippen LogP contribution in [0.3, 0.4) is 0 Å². The number of carbonyl (C=O) groups excluding carboxylic acids is 1. The predicted octanol–water partition coefficient (Wildman–Crippen LogP) is 2.81. The number of carbonyl (C=O) groups is 1. The lowest BCUT2D eigenvalue weighted by Gasteiger charge is -2.29. The second-order valence-corrected chi connectivity index (χ2v) is 6.39. The number of rotatable bonds is 15. The van der Waals surface area contributed by atoms with Gasteiger partial charge in [-0.2, -0.15) is 0 Å². The van der Waals surface area contributed by atoms with Gasteiger partial charge in [-0.1, -0.05) is 19.9 Å². The normalized spacial score (nSPS) is 14.3. The van der Waals surface area contributed by atoms with Gasteiger partial charge in [0.05, 0.1) is 6.10 Å². The van der Waals surface area contributed by atoms with Gasteiger partial charge >= 0.3 is 0 Å². The van der Waals surface area contributed by atoms with Gasteiger partial charge in [0, 0.05) is 37.1 Å². The highest BCUT2D eigenvalue weighted by Crippen LogP contribution is 2.20. The van der Waals surface area contributed by atoms with Gasteiger partial charge < -0.3 is 20.6 Å². The van der Waals surface area contributed by atoms with Gasteiger partial charge in [0.2, 0.25) is 6.41 Å².